The summed E-state index contributed by atoms with van der Waals surface area (Å²) >= 11 is 0. The highest BCUT2D eigenvalue weighted by atomic mass is 16.3. The van der Waals surface area contributed by atoms with Crippen LogP contribution in [-0.2, 0) is 0 Å². The first-order valence-electron chi connectivity index (χ1n) is 5.23. The Hall–Kier alpha value is -0.0800. The van der Waals surface area contributed by atoms with Gasteiger partial charge in [-0.1, -0.05) is 26.2 Å². The van der Waals surface area contributed by atoms with Gasteiger partial charge >= 0.3 is 0 Å². The summed E-state index contributed by atoms with van der Waals surface area (Å²) in [7, 11) is 0. The van der Waals surface area contributed by atoms with Gasteiger partial charge in [0.05, 0.1) is 6.10 Å². The Morgan fingerprint density at radius 1 is 1.33 bits per heavy atom. The van der Waals surface area contributed by atoms with Gasteiger partial charge in [-0.25, -0.2) is 0 Å². The second-order valence-electron chi connectivity index (χ2n) is 3.80. The fraction of sp³-hybridized carbons (Fsp3) is 1.00. The van der Waals surface area contributed by atoms with E-state index in [2.05, 4.69) is 11.8 Å². The van der Waals surface area contributed by atoms with E-state index in [4.69, 9.17) is 0 Å². The van der Waals surface area contributed by atoms with Gasteiger partial charge in [0.2, 0.25) is 0 Å². The molecule has 0 bridgehead atoms. The molecule has 0 aromatic rings. The predicted octanol–water partition coefficient (Wildman–Crippen LogP) is 1.63. The molecule has 72 valence electrons. The van der Waals surface area contributed by atoms with Crippen molar-refractivity contribution in [3.63, 3.8) is 0 Å². The Morgan fingerprint density at radius 3 is 2.75 bits per heavy atom. The van der Waals surface area contributed by atoms with E-state index in [0.717, 1.165) is 19.5 Å². The Balaban J connectivity index is 1.93. The van der Waals surface area contributed by atoms with E-state index in [1.807, 2.05) is 0 Å². The minimum Gasteiger partial charge on any atom is -0.392 e. The van der Waals surface area contributed by atoms with Crippen LogP contribution in [0.25, 0.3) is 0 Å². The van der Waals surface area contributed by atoms with Crippen molar-refractivity contribution in [2.75, 3.05) is 19.6 Å². The lowest BCUT2D eigenvalue weighted by molar-refractivity contribution is 0.175. The molecule has 0 aromatic carbocycles. The van der Waals surface area contributed by atoms with Crippen molar-refractivity contribution < 1.29 is 5.11 Å². The molecule has 1 rings (SSSR count). The van der Waals surface area contributed by atoms with Crippen molar-refractivity contribution in [1.82, 2.24) is 4.90 Å². The highest BCUT2D eigenvalue weighted by Crippen LogP contribution is 2.10. The molecule has 1 aliphatic heterocycles. The maximum Gasteiger partial charge on any atom is 0.0679 e. The Kier molecular flexibility index (Phi) is 4.62. The average Bonchev–Trinajstić information content (AvgIpc) is 2.45. The van der Waals surface area contributed by atoms with E-state index >= 15 is 0 Å². The zero-order valence-electron chi connectivity index (χ0n) is 8.13. The Morgan fingerprint density at radius 2 is 2.17 bits per heavy atom. The minimum atomic E-state index is -0.0452. The number of nitrogens with zero attached hydrogens (tertiary/aromatic N) is 1. The van der Waals surface area contributed by atoms with E-state index < -0.39 is 0 Å². The summed E-state index contributed by atoms with van der Waals surface area (Å²) in [6.07, 6.45) is 6.26. The number of β-amino-alcohol motifs (C(OH)–C–C–N with tert-alkyl or cyclic N) is 1. The number of aliphatic hydroxyl groups is 1. The highest BCUT2D eigenvalue weighted by Gasteiger charge is 2.18. The molecule has 0 aliphatic carbocycles. The topological polar surface area (TPSA) is 23.5 Å². The molecule has 12 heavy (non-hydrogen) atoms. The van der Waals surface area contributed by atoms with Crippen LogP contribution in [0, 0.1) is 0 Å². The van der Waals surface area contributed by atoms with Gasteiger partial charge in [-0.15, -0.1) is 0 Å². The van der Waals surface area contributed by atoms with Crippen LogP contribution < -0.4 is 0 Å². The second kappa shape index (κ2) is 5.55. The molecule has 0 spiro atoms. The molecule has 0 amide bonds. The number of aliphatic hydroxyl groups excluding tert-OH is 1. The van der Waals surface area contributed by atoms with Crippen molar-refractivity contribution in [2.45, 2.75) is 45.1 Å². The van der Waals surface area contributed by atoms with Crippen molar-refractivity contribution in [3.05, 3.63) is 0 Å². The van der Waals surface area contributed by atoms with Crippen LogP contribution in [0.3, 0.4) is 0 Å². The first-order valence-corrected chi connectivity index (χ1v) is 5.23. The van der Waals surface area contributed by atoms with E-state index in [0.29, 0.717) is 0 Å². The third kappa shape index (κ3) is 3.55. The number of hydrogen-bond donors (Lipinski definition) is 1. The normalized spacial score (nSPS) is 25.0. The predicted molar refractivity (Wildman–Crippen MR) is 51.2 cm³/mol. The summed E-state index contributed by atoms with van der Waals surface area (Å²) < 4.78 is 0. The summed E-state index contributed by atoms with van der Waals surface area (Å²) in [5.74, 6) is 0. The minimum absolute atomic E-state index is 0.0452. The fourth-order valence-corrected chi connectivity index (χ4v) is 1.78. The summed E-state index contributed by atoms with van der Waals surface area (Å²) in [5, 5.41) is 9.26. The number of rotatable bonds is 5. The van der Waals surface area contributed by atoms with Crippen LogP contribution >= 0.6 is 0 Å². The van der Waals surface area contributed by atoms with E-state index in [1.54, 1.807) is 0 Å². The van der Waals surface area contributed by atoms with Crippen molar-refractivity contribution in [2.24, 2.45) is 0 Å². The number of likely N-dealkylation sites (tertiary alicyclic amines) is 1. The molecular weight excluding hydrogens is 150 g/mol. The average molecular weight is 171 g/mol. The standard InChI is InChI=1S/C10H21NO/c1-2-3-4-5-7-11-8-6-10(12)9-11/h10,12H,2-9H2,1H3/t10-/m0/s1. The van der Waals surface area contributed by atoms with Crippen LogP contribution in [-0.4, -0.2) is 35.7 Å². The number of unbranched alkanes of at least 4 members (excludes halogenated alkanes) is 3. The van der Waals surface area contributed by atoms with Crippen LogP contribution in [0.2, 0.25) is 0 Å². The number of hydrogen-bond acceptors (Lipinski definition) is 2. The van der Waals surface area contributed by atoms with Gasteiger partial charge in [0.25, 0.3) is 0 Å². The molecule has 1 saturated heterocycles. The smallest absolute Gasteiger partial charge is 0.0679 e. The molecule has 1 N–H and O–H groups in total. The molecule has 0 saturated carbocycles. The van der Waals surface area contributed by atoms with Gasteiger partial charge in [-0.05, 0) is 19.4 Å². The van der Waals surface area contributed by atoms with E-state index in [-0.39, 0.29) is 6.10 Å². The van der Waals surface area contributed by atoms with Gasteiger partial charge in [-0.3, -0.25) is 0 Å². The molecule has 0 radical (unpaired) electrons. The van der Waals surface area contributed by atoms with Gasteiger partial charge in [0, 0.05) is 13.1 Å². The molecule has 2 heteroatoms. The van der Waals surface area contributed by atoms with Gasteiger partial charge in [0.15, 0.2) is 0 Å². The third-order valence-electron chi connectivity index (χ3n) is 2.58. The molecule has 1 aliphatic rings. The van der Waals surface area contributed by atoms with Gasteiger partial charge in [-0.2, -0.15) is 0 Å². The lowest BCUT2D eigenvalue weighted by Gasteiger charge is -2.13. The maximum absolute atomic E-state index is 9.26. The lowest BCUT2D eigenvalue weighted by Crippen LogP contribution is -2.23. The van der Waals surface area contributed by atoms with Crippen LogP contribution in [0.15, 0.2) is 0 Å². The first kappa shape index (κ1) is 10.0. The van der Waals surface area contributed by atoms with E-state index in [1.165, 1.54) is 32.2 Å². The molecule has 2 nitrogen and oxygen atoms in total. The first-order chi connectivity index (χ1) is 5.83. The molecule has 0 aromatic heterocycles. The fourth-order valence-electron chi connectivity index (χ4n) is 1.78. The van der Waals surface area contributed by atoms with Crippen molar-refractivity contribution in [3.8, 4) is 0 Å². The molecule has 1 fully saturated rings. The van der Waals surface area contributed by atoms with Gasteiger partial charge < -0.3 is 10.0 Å². The third-order valence-corrected chi connectivity index (χ3v) is 2.58. The Bertz CT molecular complexity index is 116. The molecule has 1 atom stereocenters. The monoisotopic (exact) mass is 171 g/mol. The second-order valence-corrected chi connectivity index (χ2v) is 3.80. The van der Waals surface area contributed by atoms with Gasteiger partial charge in [0.1, 0.15) is 0 Å². The summed E-state index contributed by atoms with van der Waals surface area (Å²) in [6.45, 7) is 5.44. The summed E-state index contributed by atoms with van der Waals surface area (Å²) in [5.41, 5.74) is 0. The largest absolute Gasteiger partial charge is 0.392 e. The van der Waals surface area contributed by atoms with Crippen molar-refractivity contribution >= 4 is 0 Å². The Labute approximate surface area is 75.6 Å². The zero-order valence-corrected chi connectivity index (χ0v) is 8.13. The molecular formula is C10H21NO. The summed E-state index contributed by atoms with van der Waals surface area (Å²) in [4.78, 5) is 2.38. The summed E-state index contributed by atoms with van der Waals surface area (Å²) in [6, 6.07) is 0. The highest BCUT2D eigenvalue weighted by molar-refractivity contribution is 4.73. The SMILES string of the molecule is CCCCCCN1CC[C@H](O)C1. The zero-order chi connectivity index (χ0) is 8.81. The molecule has 0 unspecified atom stereocenters. The quantitative estimate of drug-likeness (QED) is 0.636. The van der Waals surface area contributed by atoms with Crippen LogP contribution in [0.4, 0.5) is 0 Å². The molecule has 1 heterocycles. The maximum atomic E-state index is 9.26. The lowest BCUT2D eigenvalue weighted by atomic mass is 10.2. The van der Waals surface area contributed by atoms with Crippen LogP contribution in [0.1, 0.15) is 39.0 Å². The van der Waals surface area contributed by atoms with Crippen LogP contribution in [0.5, 0.6) is 0 Å². The van der Waals surface area contributed by atoms with E-state index in [9.17, 15) is 5.11 Å². The van der Waals surface area contributed by atoms with Crippen molar-refractivity contribution in [1.29, 1.82) is 0 Å².